The molecule has 0 radical (unpaired) electrons. The van der Waals surface area contributed by atoms with E-state index in [0.29, 0.717) is 31.5 Å². The highest BCUT2D eigenvalue weighted by Gasteiger charge is 2.46. The topological polar surface area (TPSA) is 95.3 Å². The number of nitrogens with one attached hydrogen (secondary N) is 1. The van der Waals surface area contributed by atoms with Gasteiger partial charge in [0.25, 0.3) is 0 Å². The van der Waals surface area contributed by atoms with Gasteiger partial charge in [0.15, 0.2) is 11.3 Å². The zero-order chi connectivity index (χ0) is 27.7. The zero-order valence-electron chi connectivity index (χ0n) is 23.4. The fourth-order valence-corrected chi connectivity index (χ4v) is 5.15. The summed E-state index contributed by atoms with van der Waals surface area (Å²) in [5.41, 5.74) is 1.49. The molecule has 3 fully saturated rings. The molecule has 3 aliphatic rings. The largest absolute Gasteiger partial charge is 0.446 e. The molecule has 0 spiro atoms. The van der Waals surface area contributed by atoms with E-state index in [1.165, 1.54) is 23.8 Å². The molecule has 0 bridgehead atoms. The Balaban J connectivity index is 1.10. The number of carbonyl (C=O) groups is 2. The monoisotopic (exact) mass is 541 g/mol. The minimum absolute atomic E-state index is 0.0629. The van der Waals surface area contributed by atoms with Crippen molar-refractivity contribution in [2.45, 2.75) is 63.1 Å². The number of amides is 2. The summed E-state index contributed by atoms with van der Waals surface area (Å²) >= 11 is 0. The van der Waals surface area contributed by atoms with Crippen LogP contribution in [0.2, 0.25) is 0 Å². The van der Waals surface area contributed by atoms with Crippen LogP contribution in [0, 0.1) is 0 Å². The van der Waals surface area contributed by atoms with Gasteiger partial charge < -0.3 is 24.8 Å². The number of nitrogens with zero attached hydrogens (tertiary/aromatic N) is 6. The number of rotatable bonds is 9. The number of carbonyl (C=O) groups excluding carboxylic acids is 2. The lowest BCUT2D eigenvalue weighted by atomic mass is 9.97. The van der Waals surface area contributed by atoms with Crippen molar-refractivity contribution in [1.29, 1.82) is 0 Å². The zero-order valence-corrected chi connectivity index (χ0v) is 23.4. The normalized spacial score (nSPS) is 19.8. The van der Waals surface area contributed by atoms with Gasteiger partial charge in [0.2, 0.25) is 5.91 Å². The Labute approximate surface area is 229 Å². The maximum absolute atomic E-state index is 14.9. The predicted octanol–water partition coefficient (Wildman–Crippen LogP) is 3.41. The molecule has 0 atom stereocenters. The summed E-state index contributed by atoms with van der Waals surface area (Å²) in [4.78, 5) is 34.7. The summed E-state index contributed by atoms with van der Waals surface area (Å²) in [6.45, 7) is 5.53. The van der Waals surface area contributed by atoms with Gasteiger partial charge in [-0.3, -0.25) is 4.79 Å². The van der Waals surface area contributed by atoms with Crippen LogP contribution in [-0.4, -0.2) is 106 Å². The molecule has 1 aliphatic carbocycles. The number of aromatic nitrogens is 3. The van der Waals surface area contributed by atoms with E-state index in [0.717, 1.165) is 35.6 Å². The number of fused-ring (bicyclic) bond motifs is 1. The summed E-state index contributed by atoms with van der Waals surface area (Å²) in [5, 5.41) is 8.25. The highest BCUT2D eigenvalue weighted by Crippen LogP contribution is 2.40. The van der Waals surface area contributed by atoms with Gasteiger partial charge in [-0.15, -0.1) is 0 Å². The summed E-state index contributed by atoms with van der Waals surface area (Å²) in [5.74, 6) is 1.58. The molecule has 4 heterocycles. The van der Waals surface area contributed by atoms with Crippen molar-refractivity contribution in [3.8, 4) is 0 Å². The molecule has 212 valence electrons. The van der Waals surface area contributed by atoms with Crippen LogP contribution < -0.4 is 5.32 Å². The van der Waals surface area contributed by atoms with Gasteiger partial charge in [-0.05, 0) is 45.7 Å². The summed E-state index contributed by atoms with van der Waals surface area (Å²) < 4.78 is 22.1. The van der Waals surface area contributed by atoms with Gasteiger partial charge in [0, 0.05) is 55.0 Å². The second-order valence-electron chi connectivity index (χ2n) is 11.8. The molecular weight excluding hydrogens is 501 g/mol. The minimum Gasteiger partial charge on any atom is -0.446 e. The molecule has 0 aromatic carbocycles. The maximum atomic E-state index is 14.9. The van der Waals surface area contributed by atoms with Crippen molar-refractivity contribution in [3.63, 3.8) is 0 Å². The van der Waals surface area contributed by atoms with Crippen LogP contribution in [0.25, 0.3) is 5.65 Å². The maximum Gasteiger partial charge on any atom is 0.409 e. The number of anilines is 1. The second kappa shape index (κ2) is 11.1. The van der Waals surface area contributed by atoms with Crippen molar-refractivity contribution < 1.29 is 18.7 Å². The first-order chi connectivity index (χ1) is 18.6. The number of halogens is 1. The van der Waals surface area contributed by atoms with E-state index in [1.54, 1.807) is 11.0 Å². The predicted molar refractivity (Wildman–Crippen MR) is 147 cm³/mol. The first kappa shape index (κ1) is 27.4. The Morgan fingerprint density at radius 1 is 1.21 bits per heavy atom. The minimum atomic E-state index is -1.69. The van der Waals surface area contributed by atoms with Crippen LogP contribution >= 0.6 is 0 Å². The van der Waals surface area contributed by atoms with E-state index in [9.17, 15) is 14.0 Å². The lowest BCUT2D eigenvalue weighted by Gasteiger charge is -2.43. The van der Waals surface area contributed by atoms with Gasteiger partial charge in [-0.25, -0.2) is 14.2 Å². The number of likely N-dealkylation sites (tertiary alicyclic amines) is 2. The van der Waals surface area contributed by atoms with Crippen molar-refractivity contribution in [1.82, 2.24) is 29.3 Å². The van der Waals surface area contributed by atoms with Crippen LogP contribution in [-0.2, 0) is 9.53 Å². The average molecular weight is 542 g/mol. The molecule has 11 heteroatoms. The Hall–Kier alpha value is -3.21. The highest BCUT2D eigenvalue weighted by atomic mass is 19.1. The molecule has 2 amide bonds. The van der Waals surface area contributed by atoms with Crippen LogP contribution in [0.3, 0.4) is 0 Å². The standard InChI is InChI=1S/C28H40FN7O3/c1-19(2)22-15-30-36-24(14-23(20-7-8-20)32-26(22)36)31-21-9-12-34(13-10-21)27(38)39-18-28(29)16-35(17-28)25(37)6-5-11-33(3)4/h5-6,14-15,19-21,31H,7-13,16-18H2,1-4H3/b6-5+. The summed E-state index contributed by atoms with van der Waals surface area (Å²) in [7, 11) is 3.81. The Morgan fingerprint density at radius 2 is 1.92 bits per heavy atom. The van der Waals surface area contributed by atoms with E-state index in [4.69, 9.17) is 9.72 Å². The number of hydrogen-bond donors (Lipinski definition) is 1. The quantitative estimate of drug-likeness (QED) is 0.486. The second-order valence-corrected chi connectivity index (χ2v) is 11.8. The third kappa shape index (κ3) is 6.34. The van der Waals surface area contributed by atoms with E-state index in [-0.39, 0.29) is 31.6 Å². The first-order valence-electron chi connectivity index (χ1n) is 14.0. The van der Waals surface area contributed by atoms with E-state index < -0.39 is 11.8 Å². The Kier molecular flexibility index (Phi) is 7.80. The number of piperidine rings is 1. The van der Waals surface area contributed by atoms with E-state index >= 15 is 0 Å². The van der Waals surface area contributed by atoms with Crippen molar-refractivity contribution in [2.75, 3.05) is 58.7 Å². The van der Waals surface area contributed by atoms with E-state index in [2.05, 4.69) is 30.3 Å². The highest BCUT2D eigenvalue weighted by molar-refractivity contribution is 5.88. The Bertz CT molecular complexity index is 1230. The molecule has 1 saturated carbocycles. The molecule has 2 aromatic heterocycles. The molecule has 1 N–H and O–H groups in total. The SMILES string of the molecule is CC(C)c1cnn2c(NC3CCN(C(=O)OCC4(F)CN(C(=O)/C=C/CN(C)C)C4)CC3)cc(C3CC3)nc12. The van der Waals surface area contributed by atoms with E-state index in [1.807, 2.05) is 29.7 Å². The third-order valence-electron chi connectivity index (χ3n) is 7.69. The van der Waals surface area contributed by atoms with Crippen molar-refractivity contribution in [3.05, 3.63) is 35.7 Å². The molecule has 10 nitrogen and oxygen atoms in total. The molecule has 5 rings (SSSR count). The number of alkyl halides is 1. The summed E-state index contributed by atoms with van der Waals surface area (Å²) in [6, 6.07) is 2.30. The van der Waals surface area contributed by atoms with Crippen molar-refractivity contribution >= 4 is 23.5 Å². The van der Waals surface area contributed by atoms with Gasteiger partial charge in [-0.2, -0.15) is 9.61 Å². The molecule has 2 aromatic rings. The van der Waals surface area contributed by atoms with Crippen LogP contribution in [0.4, 0.5) is 15.0 Å². The van der Waals surface area contributed by atoms with Gasteiger partial charge in [0.1, 0.15) is 12.4 Å². The third-order valence-corrected chi connectivity index (χ3v) is 7.69. The van der Waals surface area contributed by atoms with Crippen LogP contribution in [0.15, 0.2) is 24.4 Å². The molecule has 2 aliphatic heterocycles. The first-order valence-corrected chi connectivity index (χ1v) is 14.0. The smallest absolute Gasteiger partial charge is 0.409 e. The Morgan fingerprint density at radius 3 is 2.56 bits per heavy atom. The molecular formula is C28H40FN7O3. The van der Waals surface area contributed by atoms with Crippen LogP contribution in [0.1, 0.15) is 62.6 Å². The lowest BCUT2D eigenvalue weighted by molar-refractivity contribution is -0.143. The fraction of sp³-hybridized carbons (Fsp3) is 0.643. The van der Waals surface area contributed by atoms with Crippen molar-refractivity contribution in [2.24, 2.45) is 0 Å². The summed E-state index contributed by atoms with van der Waals surface area (Å²) in [6.07, 6.45) is 8.47. The van der Waals surface area contributed by atoms with Gasteiger partial charge in [-0.1, -0.05) is 19.9 Å². The lowest BCUT2D eigenvalue weighted by Crippen LogP contribution is -2.63. The number of hydrogen-bond acceptors (Lipinski definition) is 7. The molecule has 0 unspecified atom stereocenters. The number of likely N-dealkylation sites (N-methyl/N-ethyl adjacent to an activating group) is 1. The van der Waals surface area contributed by atoms with Gasteiger partial charge >= 0.3 is 6.09 Å². The van der Waals surface area contributed by atoms with Crippen LogP contribution in [0.5, 0.6) is 0 Å². The number of ether oxygens (including phenoxy) is 1. The fourth-order valence-electron chi connectivity index (χ4n) is 5.15. The molecule has 39 heavy (non-hydrogen) atoms. The average Bonchev–Trinajstić information content (AvgIpc) is 3.64. The molecule has 2 saturated heterocycles. The van der Waals surface area contributed by atoms with Gasteiger partial charge in [0.05, 0.1) is 19.3 Å².